The average molecular weight is 451 g/mol. The van der Waals surface area contributed by atoms with Gasteiger partial charge in [0.05, 0.1) is 5.54 Å². The third-order valence-corrected chi connectivity index (χ3v) is 5.53. The number of carbonyl (C=O) groups is 2. The van der Waals surface area contributed by atoms with Gasteiger partial charge in [-0.1, -0.05) is 42.3 Å². The summed E-state index contributed by atoms with van der Waals surface area (Å²) in [6.07, 6.45) is -0.264. The van der Waals surface area contributed by atoms with Crippen molar-refractivity contribution in [3.05, 3.63) is 58.6 Å². The van der Waals surface area contributed by atoms with Gasteiger partial charge in [-0.25, -0.2) is 9.59 Å². The van der Waals surface area contributed by atoms with Crippen molar-refractivity contribution >= 4 is 46.6 Å². The molecule has 30 heavy (non-hydrogen) atoms. The molecule has 9 heteroatoms. The zero-order chi connectivity index (χ0) is 22.1. The predicted molar refractivity (Wildman–Crippen MR) is 118 cm³/mol. The van der Waals surface area contributed by atoms with Crippen LogP contribution >= 0.6 is 23.2 Å². The van der Waals surface area contributed by atoms with Crippen molar-refractivity contribution in [1.29, 1.82) is 0 Å². The summed E-state index contributed by atoms with van der Waals surface area (Å²) in [6, 6.07) is 12.2. The minimum absolute atomic E-state index is 0.316. The first-order valence-electron chi connectivity index (χ1n) is 9.58. The van der Waals surface area contributed by atoms with Crippen LogP contribution in [0.15, 0.2) is 48.5 Å². The molecular weight excluding hydrogens is 427 g/mol. The number of anilines is 2. The Morgan fingerprint density at radius 2 is 1.80 bits per heavy atom. The number of rotatable bonds is 5. The van der Waals surface area contributed by atoms with E-state index in [9.17, 15) is 14.8 Å². The van der Waals surface area contributed by atoms with E-state index in [1.54, 1.807) is 53.4 Å². The molecule has 1 unspecified atom stereocenters. The van der Waals surface area contributed by atoms with E-state index in [-0.39, 0.29) is 6.03 Å². The van der Waals surface area contributed by atoms with Crippen LogP contribution < -0.4 is 10.2 Å². The fourth-order valence-corrected chi connectivity index (χ4v) is 4.06. The van der Waals surface area contributed by atoms with Crippen LogP contribution in [0.2, 0.25) is 10.0 Å². The number of hydroxylamine groups is 2. The molecule has 0 aromatic heterocycles. The zero-order valence-corrected chi connectivity index (χ0v) is 18.5. The second-order valence-electron chi connectivity index (χ2n) is 7.60. The molecule has 1 heterocycles. The number of hydrogen-bond acceptors (Lipinski definition) is 3. The lowest BCUT2D eigenvalue weighted by atomic mass is 9.99. The van der Waals surface area contributed by atoms with Crippen LogP contribution in [0, 0.1) is 0 Å². The van der Waals surface area contributed by atoms with E-state index in [0.29, 0.717) is 33.0 Å². The molecule has 7 nitrogen and oxygen atoms in total. The van der Waals surface area contributed by atoms with Gasteiger partial charge in [-0.05, 0) is 56.7 Å². The molecule has 0 radical (unpaired) electrons. The summed E-state index contributed by atoms with van der Waals surface area (Å²) in [5.41, 5.74) is 0.0303. The molecule has 4 amide bonds. The first-order valence-corrected chi connectivity index (χ1v) is 10.3. The summed E-state index contributed by atoms with van der Waals surface area (Å²) in [5.74, 6) is 0. The standard InChI is InChI=1S/C21H24Cl2N4O3/c1-4-11-25-20(29)26(17-10-6-8-15(23)13-17)18(21(25,2)3)27(30)19(28)24-16-9-5-7-14(22)12-16/h5-10,12-13,18,30H,4,11H2,1-3H3,(H,24,28). The molecule has 0 bridgehead atoms. The van der Waals surface area contributed by atoms with Gasteiger partial charge in [0.2, 0.25) is 0 Å². The number of carbonyl (C=O) groups excluding carboxylic acids is 2. The van der Waals surface area contributed by atoms with Crippen molar-refractivity contribution < 1.29 is 14.8 Å². The van der Waals surface area contributed by atoms with E-state index in [0.717, 1.165) is 6.42 Å². The van der Waals surface area contributed by atoms with E-state index < -0.39 is 17.7 Å². The molecule has 0 saturated carbocycles. The van der Waals surface area contributed by atoms with E-state index in [2.05, 4.69) is 5.32 Å². The number of urea groups is 2. The van der Waals surface area contributed by atoms with Crippen molar-refractivity contribution in [2.45, 2.75) is 38.9 Å². The van der Waals surface area contributed by atoms with Gasteiger partial charge in [0.1, 0.15) is 0 Å². The maximum absolute atomic E-state index is 13.3. The number of halogens is 2. The highest BCUT2D eigenvalue weighted by Gasteiger charge is 2.55. The Morgan fingerprint density at radius 3 is 2.40 bits per heavy atom. The van der Waals surface area contributed by atoms with Crippen LogP contribution in [0.4, 0.5) is 21.0 Å². The fourth-order valence-electron chi connectivity index (χ4n) is 3.69. The van der Waals surface area contributed by atoms with Gasteiger partial charge in [-0.15, -0.1) is 0 Å². The summed E-state index contributed by atoms with van der Waals surface area (Å²) in [6.45, 7) is 6.06. The lowest BCUT2D eigenvalue weighted by Crippen LogP contribution is -2.58. The Bertz CT molecular complexity index is 953. The van der Waals surface area contributed by atoms with Crippen molar-refractivity contribution in [3.63, 3.8) is 0 Å². The van der Waals surface area contributed by atoms with Crippen molar-refractivity contribution in [2.75, 3.05) is 16.8 Å². The monoisotopic (exact) mass is 450 g/mol. The van der Waals surface area contributed by atoms with E-state index in [1.165, 1.54) is 4.90 Å². The second-order valence-corrected chi connectivity index (χ2v) is 8.47. The number of nitrogens with one attached hydrogen (secondary N) is 1. The Labute approximate surface area is 185 Å². The zero-order valence-electron chi connectivity index (χ0n) is 17.0. The Hall–Kier alpha value is -2.48. The van der Waals surface area contributed by atoms with E-state index in [4.69, 9.17) is 23.2 Å². The van der Waals surface area contributed by atoms with Crippen molar-refractivity contribution in [3.8, 4) is 0 Å². The van der Waals surface area contributed by atoms with Gasteiger partial charge in [0.15, 0.2) is 6.17 Å². The van der Waals surface area contributed by atoms with Crippen LogP contribution in [0.1, 0.15) is 27.2 Å². The van der Waals surface area contributed by atoms with Crippen LogP contribution in [0.5, 0.6) is 0 Å². The largest absolute Gasteiger partial charge is 0.347 e. The second kappa shape index (κ2) is 8.71. The lowest BCUT2D eigenvalue weighted by Gasteiger charge is -2.38. The predicted octanol–water partition coefficient (Wildman–Crippen LogP) is 5.67. The molecule has 1 atom stereocenters. The normalized spacial score (nSPS) is 17.9. The molecule has 2 aromatic rings. The highest BCUT2D eigenvalue weighted by molar-refractivity contribution is 6.31. The number of nitrogens with zero attached hydrogens (tertiary/aromatic N) is 3. The maximum atomic E-state index is 13.3. The molecule has 1 aliphatic heterocycles. The van der Waals surface area contributed by atoms with Gasteiger partial charge in [0.25, 0.3) is 0 Å². The summed E-state index contributed by atoms with van der Waals surface area (Å²) in [4.78, 5) is 29.2. The van der Waals surface area contributed by atoms with E-state index >= 15 is 0 Å². The average Bonchev–Trinajstić information content (AvgIpc) is 2.88. The van der Waals surface area contributed by atoms with Gasteiger partial charge >= 0.3 is 12.1 Å². The lowest BCUT2D eigenvalue weighted by molar-refractivity contribution is -0.0948. The first-order chi connectivity index (χ1) is 14.2. The third kappa shape index (κ3) is 4.19. The molecule has 1 fully saturated rings. The molecule has 160 valence electrons. The summed E-state index contributed by atoms with van der Waals surface area (Å²) >= 11 is 12.1. The topological polar surface area (TPSA) is 76.1 Å². The van der Waals surface area contributed by atoms with Crippen LogP contribution in [0.25, 0.3) is 0 Å². The maximum Gasteiger partial charge on any atom is 0.347 e. The van der Waals surface area contributed by atoms with Crippen LogP contribution in [-0.4, -0.2) is 45.5 Å². The van der Waals surface area contributed by atoms with Gasteiger partial charge in [-0.3, -0.25) is 10.1 Å². The minimum Gasteiger partial charge on any atom is -0.315 e. The number of amides is 4. The fraction of sp³-hybridized carbons (Fsp3) is 0.333. The smallest absolute Gasteiger partial charge is 0.315 e. The molecule has 3 rings (SSSR count). The number of hydrogen-bond donors (Lipinski definition) is 2. The first kappa shape index (κ1) is 22.2. The van der Waals surface area contributed by atoms with Crippen LogP contribution in [-0.2, 0) is 0 Å². The van der Waals surface area contributed by atoms with Crippen molar-refractivity contribution in [1.82, 2.24) is 9.96 Å². The summed E-state index contributed by atoms with van der Waals surface area (Å²) in [5, 5.41) is 15.0. The molecule has 1 aliphatic rings. The molecule has 2 aromatic carbocycles. The van der Waals surface area contributed by atoms with E-state index in [1.807, 2.05) is 20.8 Å². The highest BCUT2D eigenvalue weighted by atomic mass is 35.5. The summed E-state index contributed by atoms with van der Waals surface area (Å²) in [7, 11) is 0. The Kier molecular flexibility index (Phi) is 6.45. The minimum atomic E-state index is -0.991. The molecule has 0 aliphatic carbocycles. The third-order valence-electron chi connectivity index (χ3n) is 5.06. The van der Waals surface area contributed by atoms with Gasteiger partial charge in [0, 0.05) is 28.0 Å². The quantitative estimate of drug-likeness (QED) is 0.454. The Balaban J connectivity index is 1.98. The number of benzene rings is 2. The van der Waals surface area contributed by atoms with Gasteiger partial charge in [-0.2, -0.15) is 5.06 Å². The van der Waals surface area contributed by atoms with Gasteiger partial charge < -0.3 is 10.2 Å². The molecular formula is C21H24Cl2N4O3. The molecule has 0 spiro atoms. The Morgan fingerprint density at radius 1 is 1.17 bits per heavy atom. The van der Waals surface area contributed by atoms with Crippen LogP contribution in [0.3, 0.4) is 0 Å². The molecule has 1 saturated heterocycles. The SMILES string of the molecule is CCCN1C(=O)N(c2cccc(Cl)c2)C(N(O)C(=O)Nc2cccc(Cl)c2)C1(C)C. The van der Waals surface area contributed by atoms with Crippen molar-refractivity contribution in [2.24, 2.45) is 0 Å². The highest BCUT2D eigenvalue weighted by Crippen LogP contribution is 2.38. The summed E-state index contributed by atoms with van der Waals surface area (Å²) < 4.78 is 0. The molecule has 2 N–H and O–H groups in total.